The number of nitrogens with zero attached hydrogens (tertiary/aromatic N) is 2. The van der Waals surface area contributed by atoms with E-state index < -0.39 is 11.9 Å². The molecule has 0 unspecified atom stereocenters. The van der Waals surface area contributed by atoms with Crippen molar-refractivity contribution in [2.75, 3.05) is 0 Å². The molecule has 0 saturated heterocycles. The summed E-state index contributed by atoms with van der Waals surface area (Å²) in [5.74, 6) is -0.797. The van der Waals surface area contributed by atoms with Crippen LogP contribution in [0.25, 0.3) is 16.2 Å². The van der Waals surface area contributed by atoms with E-state index in [0.717, 1.165) is 21.9 Å². The maximum absolute atomic E-state index is 12.0. The quantitative estimate of drug-likeness (QED) is 0.745. The van der Waals surface area contributed by atoms with Gasteiger partial charge in [-0.15, -0.1) is 11.3 Å². The lowest BCUT2D eigenvalue weighted by Crippen LogP contribution is -2.42. The number of nitrogens with one attached hydrogen (secondary N) is 1. The first-order valence-electron chi connectivity index (χ1n) is 7.14. The molecular weight excluding hydrogens is 312 g/mol. The van der Waals surface area contributed by atoms with Gasteiger partial charge in [0, 0.05) is 22.8 Å². The van der Waals surface area contributed by atoms with Crippen molar-refractivity contribution in [2.45, 2.75) is 19.4 Å². The maximum atomic E-state index is 12.0. The van der Waals surface area contributed by atoms with Crippen LogP contribution in [0.3, 0.4) is 0 Å². The molecule has 3 aromatic rings. The number of nitrogens with two attached hydrogens (primary N) is 1. The van der Waals surface area contributed by atoms with Gasteiger partial charge in [0.2, 0.25) is 11.8 Å². The van der Waals surface area contributed by atoms with Gasteiger partial charge in [0.15, 0.2) is 4.96 Å². The summed E-state index contributed by atoms with van der Waals surface area (Å²) in [4.78, 5) is 28.4. The second-order valence-corrected chi connectivity index (χ2v) is 6.08. The van der Waals surface area contributed by atoms with E-state index in [1.807, 2.05) is 46.3 Å². The topological polar surface area (TPSA) is 89.5 Å². The van der Waals surface area contributed by atoms with Crippen LogP contribution in [0.5, 0.6) is 0 Å². The molecule has 1 atom stereocenters. The molecule has 3 rings (SSSR count). The van der Waals surface area contributed by atoms with Crippen LogP contribution < -0.4 is 11.1 Å². The summed E-state index contributed by atoms with van der Waals surface area (Å²) in [5, 5.41) is 4.47. The summed E-state index contributed by atoms with van der Waals surface area (Å²) in [6.45, 7) is 1.56. The summed E-state index contributed by atoms with van der Waals surface area (Å²) in [5.41, 5.74) is 7.87. The molecule has 0 aliphatic carbocycles. The standard InChI is InChI=1S/C16H16N4O2S/c1-10(15(17)22)18-14(21)7-12-9-23-16-19-13(8-20(12)16)11-5-3-2-4-6-11/h2-6,8-10H,7H2,1H3,(H2,17,22)(H,18,21)/t10-/m0/s1. The number of carbonyl (C=O) groups excluding carboxylic acids is 2. The minimum atomic E-state index is -0.681. The minimum Gasteiger partial charge on any atom is -0.368 e. The molecule has 2 aromatic heterocycles. The molecule has 7 heteroatoms. The lowest BCUT2D eigenvalue weighted by atomic mass is 10.2. The highest BCUT2D eigenvalue weighted by Gasteiger charge is 2.15. The number of carbonyl (C=O) groups is 2. The normalized spacial score (nSPS) is 12.2. The monoisotopic (exact) mass is 328 g/mol. The third kappa shape index (κ3) is 3.24. The Morgan fingerprint density at radius 2 is 2.09 bits per heavy atom. The van der Waals surface area contributed by atoms with Crippen molar-refractivity contribution in [3.63, 3.8) is 0 Å². The molecule has 0 aliphatic rings. The fraction of sp³-hybridized carbons (Fsp3) is 0.188. The number of hydrogen-bond donors (Lipinski definition) is 2. The SMILES string of the molecule is C[C@H](NC(=O)Cc1csc2nc(-c3ccccc3)cn12)C(N)=O. The smallest absolute Gasteiger partial charge is 0.239 e. The fourth-order valence-corrected chi connectivity index (χ4v) is 3.11. The highest BCUT2D eigenvalue weighted by molar-refractivity contribution is 7.15. The van der Waals surface area contributed by atoms with Crippen LogP contribution in [0.4, 0.5) is 0 Å². The van der Waals surface area contributed by atoms with Gasteiger partial charge in [0.25, 0.3) is 0 Å². The van der Waals surface area contributed by atoms with Crippen molar-refractivity contribution >= 4 is 28.1 Å². The minimum absolute atomic E-state index is 0.169. The van der Waals surface area contributed by atoms with E-state index in [1.54, 1.807) is 6.92 Å². The van der Waals surface area contributed by atoms with Crippen molar-refractivity contribution in [3.8, 4) is 11.3 Å². The predicted molar refractivity (Wildman–Crippen MR) is 89.0 cm³/mol. The molecule has 0 radical (unpaired) electrons. The van der Waals surface area contributed by atoms with Crippen LogP contribution in [-0.4, -0.2) is 27.2 Å². The van der Waals surface area contributed by atoms with Gasteiger partial charge in [0.1, 0.15) is 6.04 Å². The van der Waals surface area contributed by atoms with Crippen LogP contribution >= 0.6 is 11.3 Å². The summed E-state index contributed by atoms with van der Waals surface area (Å²) in [6, 6.07) is 9.18. The van der Waals surface area contributed by atoms with Crippen molar-refractivity contribution in [2.24, 2.45) is 5.73 Å². The first-order chi connectivity index (χ1) is 11.0. The molecule has 2 heterocycles. The molecule has 2 amide bonds. The number of thiazole rings is 1. The van der Waals surface area contributed by atoms with Gasteiger partial charge in [-0.05, 0) is 6.92 Å². The number of primary amides is 1. The second kappa shape index (κ2) is 6.21. The Bertz CT molecular complexity index is 853. The van der Waals surface area contributed by atoms with Crippen molar-refractivity contribution < 1.29 is 9.59 Å². The number of hydrogen-bond acceptors (Lipinski definition) is 4. The average Bonchev–Trinajstić information content (AvgIpc) is 3.10. The maximum Gasteiger partial charge on any atom is 0.239 e. The molecule has 1 aromatic carbocycles. The van der Waals surface area contributed by atoms with Gasteiger partial charge in [-0.3, -0.25) is 14.0 Å². The summed E-state index contributed by atoms with van der Waals surface area (Å²) in [7, 11) is 0. The summed E-state index contributed by atoms with van der Waals surface area (Å²) < 4.78 is 1.90. The molecule has 0 aliphatic heterocycles. The van der Waals surface area contributed by atoms with Gasteiger partial charge >= 0.3 is 0 Å². The Balaban J connectivity index is 1.81. The van der Waals surface area contributed by atoms with E-state index in [2.05, 4.69) is 10.3 Å². The van der Waals surface area contributed by atoms with Crippen molar-refractivity contribution in [1.82, 2.24) is 14.7 Å². The number of imidazole rings is 1. The van der Waals surface area contributed by atoms with Crippen LogP contribution in [-0.2, 0) is 16.0 Å². The van der Waals surface area contributed by atoms with Crippen molar-refractivity contribution in [1.29, 1.82) is 0 Å². The fourth-order valence-electron chi connectivity index (χ4n) is 2.23. The zero-order chi connectivity index (χ0) is 16.4. The van der Waals surface area contributed by atoms with Gasteiger partial charge in [-0.2, -0.15) is 0 Å². The van der Waals surface area contributed by atoms with E-state index in [4.69, 9.17) is 5.73 Å². The Morgan fingerprint density at radius 1 is 1.35 bits per heavy atom. The van der Waals surface area contributed by atoms with E-state index in [1.165, 1.54) is 11.3 Å². The molecule has 0 bridgehead atoms. The molecule has 0 saturated carbocycles. The molecule has 3 N–H and O–H groups in total. The highest BCUT2D eigenvalue weighted by atomic mass is 32.1. The zero-order valence-corrected chi connectivity index (χ0v) is 13.3. The van der Waals surface area contributed by atoms with E-state index in [0.29, 0.717) is 0 Å². The van der Waals surface area contributed by atoms with Crippen molar-refractivity contribution in [3.05, 3.63) is 47.6 Å². The Morgan fingerprint density at radius 3 is 2.78 bits per heavy atom. The Kier molecular flexibility index (Phi) is 4.12. The number of fused-ring (bicyclic) bond motifs is 1. The number of benzene rings is 1. The van der Waals surface area contributed by atoms with Gasteiger partial charge in [0.05, 0.1) is 12.1 Å². The third-order valence-corrected chi connectivity index (χ3v) is 4.39. The Labute approximate surface area is 137 Å². The zero-order valence-electron chi connectivity index (χ0n) is 12.5. The molecule has 0 spiro atoms. The van der Waals surface area contributed by atoms with Crippen LogP contribution in [0.15, 0.2) is 41.9 Å². The summed E-state index contributed by atoms with van der Waals surface area (Å²) in [6.07, 6.45) is 2.09. The van der Waals surface area contributed by atoms with Crippen LogP contribution in [0.1, 0.15) is 12.6 Å². The number of amides is 2. The third-order valence-electron chi connectivity index (χ3n) is 3.50. The van der Waals surface area contributed by atoms with Gasteiger partial charge in [-0.25, -0.2) is 4.98 Å². The predicted octanol–water partition coefficient (Wildman–Crippen LogP) is 1.60. The molecule has 118 valence electrons. The second-order valence-electron chi connectivity index (χ2n) is 5.24. The average molecular weight is 328 g/mol. The van der Waals surface area contributed by atoms with Crippen LogP contribution in [0, 0.1) is 0 Å². The molecule has 6 nitrogen and oxygen atoms in total. The van der Waals surface area contributed by atoms with Gasteiger partial charge < -0.3 is 11.1 Å². The molecular formula is C16H16N4O2S. The molecule has 23 heavy (non-hydrogen) atoms. The lowest BCUT2D eigenvalue weighted by molar-refractivity contribution is -0.126. The van der Waals surface area contributed by atoms with E-state index in [-0.39, 0.29) is 12.3 Å². The van der Waals surface area contributed by atoms with E-state index in [9.17, 15) is 9.59 Å². The first kappa shape index (κ1) is 15.2. The lowest BCUT2D eigenvalue weighted by Gasteiger charge is -2.09. The van der Waals surface area contributed by atoms with E-state index >= 15 is 0 Å². The van der Waals surface area contributed by atoms with Gasteiger partial charge in [-0.1, -0.05) is 30.3 Å². The Hall–Kier alpha value is -2.67. The molecule has 0 fully saturated rings. The largest absolute Gasteiger partial charge is 0.368 e. The highest BCUT2D eigenvalue weighted by Crippen LogP contribution is 2.23. The first-order valence-corrected chi connectivity index (χ1v) is 8.02. The number of aromatic nitrogens is 2. The summed E-state index contributed by atoms with van der Waals surface area (Å²) >= 11 is 1.48. The van der Waals surface area contributed by atoms with Crippen LogP contribution in [0.2, 0.25) is 0 Å². The number of rotatable bonds is 5.